The molecule has 0 unspecified atom stereocenters. The molecule has 0 fully saturated rings. The Morgan fingerprint density at radius 2 is 2.00 bits per heavy atom. The van der Waals surface area contributed by atoms with Crippen LogP contribution >= 0.6 is 11.3 Å². The summed E-state index contributed by atoms with van der Waals surface area (Å²) in [5, 5.41) is 4.75. The lowest BCUT2D eigenvalue weighted by molar-refractivity contribution is 0.0946. The first-order valence-corrected chi connectivity index (χ1v) is 8.66. The molecule has 0 atom stereocenters. The lowest BCUT2D eigenvalue weighted by Crippen LogP contribution is -2.23. The van der Waals surface area contributed by atoms with Crippen molar-refractivity contribution in [2.75, 3.05) is 0 Å². The van der Waals surface area contributed by atoms with Crippen LogP contribution in [-0.4, -0.2) is 15.9 Å². The van der Waals surface area contributed by atoms with Crippen LogP contribution in [0.2, 0.25) is 0 Å². The van der Waals surface area contributed by atoms with E-state index in [2.05, 4.69) is 15.3 Å². The molecule has 5 nitrogen and oxygen atoms in total. The Bertz CT molecular complexity index is 1040. The van der Waals surface area contributed by atoms with Gasteiger partial charge in [-0.15, -0.1) is 11.3 Å². The maximum Gasteiger partial charge on any atom is 0.270 e. The number of pyridine rings is 1. The van der Waals surface area contributed by atoms with E-state index in [1.54, 1.807) is 12.3 Å². The molecule has 4 rings (SSSR count). The molecule has 0 aliphatic carbocycles. The first-order valence-electron chi connectivity index (χ1n) is 7.85. The molecule has 25 heavy (non-hydrogen) atoms. The number of carbonyl (C=O) groups is 1. The van der Waals surface area contributed by atoms with Crippen LogP contribution in [0.3, 0.4) is 0 Å². The standard InChI is InChI=1S/C19H15N3O2S/c1-12-17(25-19(21-12)16-7-4-10-24-16)11-20-18(23)15-9-8-13-5-2-3-6-14(13)22-15/h2-10H,11H2,1H3,(H,20,23). The van der Waals surface area contributed by atoms with E-state index in [9.17, 15) is 4.79 Å². The van der Waals surface area contributed by atoms with E-state index in [4.69, 9.17) is 4.42 Å². The van der Waals surface area contributed by atoms with Crippen LogP contribution in [-0.2, 0) is 6.54 Å². The molecule has 0 spiro atoms. The SMILES string of the molecule is Cc1nc(-c2ccco2)sc1CNC(=O)c1ccc2ccccc2n1. The predicted molar refractivity (Wildman–Crippen MR) is 97.5 cm³/mol. The van der Waals surface area contributed by atoms with E-state index in [0.717, 1.165) is 32.2 Å². The first-order chi connectivity index (χ1) is 12.2. The predicted octanol–water partition coefficient (Wildman–Crippen LogP) is 4.19. The Hall–Kier alpha value is -2.99. The molecule has 1 amide bonds. The first kappa shape index (κ1) is 15.5. The fourth-order valence-electron chi connectivity index (χ4n) is 2.54. The number of thiazole rings is 1. The number of aryl methyl sites for hydroxylation is 1. The average molecular weight is 349 g/mol. The summed E-state index contributed by atoms with van der Waals surface area (Å²) in [6, 6.07) is 15.1. The topological polar surface area (TPSA) is 68.0 Å². The van der Waals surface area contributed by atoms with Crippen molar-refractivity contribution in [2.45, 2.75) is 13.5 Å². The van der Waals surface area contributed by atoms with Gasteiger partial charge in [0.2, 0.25) is 0 Å². The summed E-state index contributed by atoms with van der Waals surface area (Å²) in [7, 11) is 0. The van der Waals surface area contributed by atoms with E-state index in [1.165, 1.54) is 11.3 Å². The van der Waals surface area contributed by atoms with Crippen molar-refractivity contribution < 1.29 is 9.21 Å². The lowest BCUT2D eigenvalue weighted by Gasteiger charge is -2.05. The molecule has 1 aromatic carbocycles. The maximum atomic E-state index is 12.4. The van der Waals surface area contributed by atoms with Crippen molar-refractivity contribution >= 4 is 28.1 Å². The fourth-order valence-corrected chi connectivity index (χ4v) is 3.51. The third-order valence-electron chi connectivity index (χ3n) is 3.87. The molecule has 4 aromatic rings. The number of benzene rings is 1. The van der Waals surface area contributed by atoms with E-state index in [0.29, 0.717) is 12.2 Å². The molecule has 124 valence electrons. The van der Waals surface area contributed by atoms with Crippen LogP contribution in [0.25, 0.3) is 21.7 Å². The number of hydrogen-bond acceptors (Lipinski definition) is 5. The number of aromatic nitrogens is 2. The third-order valence-corrected chi connectivity index (χ3v) is 5.04. The highest BCUT2D eigenvalue weighted by atomic mass is 32.1. The summed E-state index contributed by atoms with van der Waals surface area (Å²) < 4.78 is 5.37. The van der Waals surface area contributed by atoms with Crippen molar-refractivity contribution in [2.24, 2.45) is 0 Å². The summed E-state index contributed by atoms with van der Waals surface area (Å²) >= 11 is 1.52. The number of furan rings is 1. The second-order valence-corrected chi connectivity index (χ2v) is 6.66. The largest absolute Gasteiger partial charge is 0.462 e. The van der Waals surface area contributed by atoms with Crippen LogP contribution < -0.4 is 5.32 Å². The molecule has 3 aromatic heterocycles. The van der Waals surface area contributed by atoms with Gasteiger partial charge in [-0.25, -0.2) is 9.97 Å². The molecular weight excluding hydrogens is 334 g/mol. The number of amides is 1. The second kappa shape index (κ2) is 6.49. The Morgan fingerprint density at radius 1 is 1.12 bits per heavy atom. The Kier molecular flexibility index (Phi) is 4.03. The fraction of sp³-hybridized carbons (Fsp3) is 0.105. The van der Waals surface area contributed by atoms with Gasteiger partial charge in [-0.05, 0) is 31.2 Å². The van der Waals surface area contributed by atoms with Crippen LogP contribution in [0.4, 0.5) is 0 Å². The quantitative estimate of drug-likeness (QED) is 0.600. The molecule has 3 heterocycles. The van der Waals surface area contributed by atoms with Crippen LogP contribution in [0.1, 0.15) is 21.1 Å². The number of rotatable bonds is 4. The van der Waals surface area contributed by atoms with Gasteiger partial charge in [-0.3, -0.25) is 4.79 Å². The molecule has 0 saturated heterocycles. The molecule has 0 aliphatic heterocycles. The van der Waals surface area contributed by atoms with Gasteiger partial charge in [0, 0.05) is 10.3 Å². The molecule has 0 radical (unpaired) electrons. The monoisotopic (exact) mass is 349 g/mol. The molecule has 1 N–H and O–H groups in total. The average Bonchev–Trinajstić information content (AvgIpc) is 3.29. The summed E-state index contributed by atoms with van der Waals surface area (Å²) in [6.07, 6.45) is 1.62. The number of carbonyl (C=O) groups excluding carboxylic acids is 1. The minimum atomic E-state index is -0.196. The van der Waals surface area contributed by atoms with E-state index < -0.39 is 0 Å². The van der Waals surface area contributed by atoms with Crippen LogP contribution in [0.5, 0.6) is 0 Å². The Morgan fingerprint density at radius 3 is 2.84 bits per heavy atom. The van der Waals surface area contributed by atoms with Gasteiger partial charge in [0.1, 0.15) is 5.69 Å². The van der Waals surface area contributed by atoms with Gasteiger partial charge in [-0.1, -0.05) is 24.3 Å². The number of hydrogen-bond donors (Lipinski definition) is 1. The maximum absolute atomic E-state index is 12.4. The summed E-state index contributed by atoms with van der Waals surface area (Å²) in [6.45, 7) is 2.34. The minimum absolute atomic E-state index is 0.196. The van der Waals surface area contributed by atoms with E-state index in [1.807, 2.05) is 49.4 Å². The number of nitrogens with one attached hydrogen (secondary N) is 1. The minimum Gasteiger partial charge on any atom is -0.462 e. The highest BCUT2D eigenvalue weighted by Crippen LogP contribution is 2.28. The number of nitrogens with zero attached hydrogens (tertiary/aromatic N) is 2. The summed E-state index contributed by atoms with van der Waals surface area (Å²) in [4.78, 5) is 22.3. The van der Waals surface area contributed by atoms with Crippen LogP contribution in [0.15, 0.2) is 59.2 Å². The molecule has 0 aliphatic rings. The zero-order chi connectivity index (χ0) is 17.2. The van der Waals surface area contributed by atoms with E-state index in [-0.39, 0.29) is 5.91 Å². The van der Waals surface area contributed by atoms with Gasteiger partial charge >= 0.3 is 0 Å². The van der Waals surface area contributed by atoms with Crippen LogP contribution in [0, 0.1) is 6.92 Å². The van der Waals surface area contributed by atoms with Crippen molar-refractivity contribution in [3.8, 4) is 10.8 Å². The molecule has 0 saturated carbocycles. The zero-order valence-corrected chi connectivity index (χ0v) is 14.3. The van der Waals surface area contributed by atoms with Crippen molar-refractivity contribution in [1.82, 2.24) is 15.3 Å². The van der Waals surface area contributed by atoms with Crippen molar-refractivity contribution in [3.63, 3.8) is 0 Å². The highest BCUT2D eigenvalue weighted by Gasteiger charge is 2.13. The van der Waals surface area contributed by atoms with Crippen molar-refractivity contribution in [3.05, 3.63) is 71.1 Å². The summed E-state index contributed by atoms with van der Waals surface area (Å²) in [5.74, 6) is 0.542. The van der Waals surface area contributed by atoms with Gasteiger partial charge < -0.3 is 9.73 Å². The Balaban J connectivity index is 1.49. The number of fused-ring (bicyclic) bond motifs is 1. The molecular formula is C19H15N3O2S. The lowest BCUT2D eigenvalue weighted by atomic mass is 10.2. The Labute approximate surface area is 148 Å². The van der Waals surface area contributed by atoms with E-state index >= 15 is 0 Å². The summed E-state index contributed by atoms with van der Waals surface area (Å²) in [5.41, 5.74) is 2.11. The normalized spacial score (nSPS) is 10.9. The molecule has 0 bridgehead atoms. The number of para-hydroxylation sites is 1. The highest BCUT2D eigenvalue weighted by molar-refractivity contribution is 7.15. The van der Waals surface area contributed by atoms with Crippen molar-refractivity contribution in [1.29, 1.82) is 0 Å². The zero-order valence-electron chi connectivity index (χ0n) is 13.5. The van der Waals surface area contributed by atoms with Gasteiger partial charge in [0.25, 0.3) is 5.91 Å². The van der Waals surface area contributed by atoms with Gasteiger partial charge in [0.15, 0.2) is 10.8 Å². The smallest absolute Gasteiger partial charge is 0.270 e. The second-order valence-electron chi connectivity index (χ2n) is 5.58. The molecule has 6 heteroatoms. The third kappa shape index (κ3) is 3.16. The van der Waals surface area contributed by atoms with Gasteiger partial charge in [-0.2, -0.15) is 0 Å². The van der Waals surface area contributed by atoms with Gasteiger partial charge in [0.05, 0.1) is 24.0 Å².